The molecule has 0 saturated heterocycles. The van der Waals surface area contributed by atoms with E-state index in [1.165, 1.54) is 10.9 Å². The van der Waals surface area contributed by atoms with Gasteiger partial charge in [-0.1, -0.05) is 10.9 Å². The van der Waals surface area contributed by atoms with Crippen molar-refractivity contribution in [3.8, 4) is 0 Å². The molecule has 0 N–H and O–H groups in total. The average molecular weight is 108 g/mol. The molecule has 34 valence electrons. The lowest BCUT2D eigenvalue weighted by atomic mass is 9.85. The van der Waals surface area contributed by atoms with Gasteiger partial charge in [-0.15, -0.1) is 0 Å². The highest BCUT2D eigenvalue weighted by Crippen LogP contribution is 1.85. The molecule has 1 aromatic heterocycles. The molecule has 0 spiro atoms. The van der Waals surface area contributed by atoms with Gasteiger partial charge in [-0.05, 0) is 10.8 Å². The van der Waals surface area contributed by atoms with E-state index in [9.17, 15) is 0 Å². The zero-order valence-electron chi connectivity index (χ0n) is 4.56. The van der Waals surface area contributed by atoms with Crippen LogP contribution in [0.1, 0.15) is 0 Å². The predicted octanol–water partition coefficient (Wildman–Crippen LogP) is -1.74. The Morgan fingerprint density at radius 1 is 1.14 bits per heavy atom. The van der Waals surface area contributed by atoms with Gasteiger partial charge in [-0.25, -0.2) is 0 Å². The van der Waals surface area contributed by atoms with Crippen molar-refractivity contribution in [2.75, 3.05) is 0 Å². The molecular weight excluding hydrogens is 102 g/mol. The Kier molecular flexibility index (Phi) is 1.24. The maximum Gasteiger partial charge on any atom is 0.139 e. The maximum absolute atomic E-state index is 2.16. The van der Waals surface area contributed by atoms with E-state index in [4.69, 9.17) is 0 Å². The van der Waals surface area contributed by atoms with Crippen molar-refractivity contribution in [2.24, 2.45) is 0 Å². The highest BCUT2D eigenvalue weighted by atomic mass is 32.1. The van der Waals surface area contributed by atoms with E-state index in [0.29, 0.717) is 0 Å². The van der Waals surface area contributed by atoms with E-state index in [1.54, 1.807) is 11.3 Å². The van der Waals surface area contributed by atoms with Gasteiger partial charge in [0.25, 0.3) is 0 Å². The predicted molar refractivity (Wildman–Crippen MR) is 40.7 cm³/mol. The van der Waals surface area contributed by atoms with Crippen LogP contribution in [0.2, 0.25) is 0 Å². The summed E-state index contributed by atoms with van der Waals surface area (Å²) in [6.07, 6.45) is 0. The van der Waals surface area contributed by atoms with Crippen molar-refractivity contribution in [3.05, 3.63) is 10.8 Å². The minimum Gasteiger partial charge on any atom is -0.154 e. The molecule has 0 nitrogen and oxygen atoms in total. The molecular formula is C4H6B2S. The topological polar surface area (TPSA) is 0 Å². The normalized spacial score (nSPS) is 9.14. The molecule has 0 aliphatic heterocycles. The third kappa shape index (κ3) is 0.885. The van der Waals surface area contributed by atoms with Crippen LogP contribution >= 0.6 is 11.3 Å². The van der Waals surface area contributed by atoms with Crippen LogP contribution in [0, 0.1) is 0 Å². The molecule has 0 fully saturated rings. The van der Waals surface area contributed by atoms with E-state index in [-0.39, 0.29) is 0 Å². The Morgan fingerprint density at radius 2 is 1.57 bits per heavy atom. The average Bonchev–Trinajstić information content (AvgIpc) is 1.91. The Bertz CT molecular complexity index is 142. The van der Waals surface area contributed by atoms with Crippen LogP contribution in [0.25, 0.3) is 0 Å². The van der Waals surface area contributed by atoms with Gasteiger partial charge in [0.05, 0.1) is 0 Å². The van der Waals surface area contributed by atoms with Gasteiger partial charge in [-0.3, -0.25) is 0 Å². The van der Waals surface area contributed by atoms with Crippen LogP contribution in [0.3, 0.4) is 0 Å². The van der Waals surface area contributed by atoms with E-state index < -0.39 is 0 Å². The summed E-state index contributed by atoms with van der Waals surface area (Å²) in [7, 11) is 4.26. The molecule has 0 aliphatic rings. The summed E-state index contributed by atoms with van der Waals surface area (Å²) in [6.45, 7) is 0. The maximum atomic E-state index is 2.16. The van der Waals surface area contributed by atoms with Crippen molar-refractivity contribution in [1.82, 2.24) is 0 Å². The first kappa shape index (κ1) is 4.98. The van der Waals surface area contributed by atoms with Gasteiger partial charge in [0.15, 0.2) is 0 Å². The summed E-state index contributed by atoms with van der Waals surface area (Å²) >= 11 is 1.77. The molecule has 0 amide bonds. The van der Waals surface area contributed by atoms with Crippen molar-refractivity contribution < 1.29 is 0 Å². The molecule has 0 aromatic carbocycles. The lowest BCUT2D eigenvalue weighted by Crippen LogP contribution is -2.19. The number of hydrogen-bond acceptors (Lipinski definition) is 1. The van der Waals surface area contributed by atoms with E-state index in [0.717, 1.165) is 0 Å². The summed E-state index contributed by atoms with van der Waals surface area (Å²) in [5, 5.41) is 4.32. The summed E-state index contributed by atoms with van der Waals surface area (Å²) < 4.78 is 0. The number of thiophene rings is 1. The first-order valence-corrected chi connectivity index (χ1v) is 3.24. The molecule has 0 aliphatic carbocycles. The Hall–Kier alpha value is -0.170. The fraction of sp³-hybridized carbons (Fsp3) is 0. The standard InChI is InChI=1S/C4H6B2S/c5-3-1-7-2-4(3)6/h1-2H,5-6H2. The van der Waals surface area contributed by atoms with Gasteiger partial charge in [0.2, 0.25) is 0 Å². The van der Waals surface area contributed by atoms with Crippen LogP contribution in [0.15, 0.2) is 10.8 Å². The van der Waals surface area contributed by atoms with Gasteiger partial charge >= 0.3 is 0 Å². The molecule has 1 aromatic rings. The lowest BCUT2D eigenvalue weighted by Gasteiger charge is -1.79. The SMILES string of the molecule is Bc1cscc1B. The molecule has 0 bridgehead atoms. The minimum atomic E-state index is 1.41. The minimum absolute atomic E-state index is 1.41. The highest BCUT2D eigenvalue weighted by Gasteiger charge is 1.86. The van der Waals surface area contributed by atoms with Crippen molar-refractivity contribution in [3.63, 3.8) is 0 Å². The van der Waals surface area contributed by atoms with Gasteiger partial charge in [0, 0.05) is 0 Å². The molecule has 1 heterocycles. The van der Waals surface area contributed by atoms with E-state index >= 15 is 0 Å². The van der Waals surface area contributed by atoms with E-state index in [1.807, 2.05) is 0 Å². The molecule has 0 saturated carbocycles. The summed E-state index contributed by atoms with van der Waals surface area (Å²) in [5.74, 6) is 0. The van der Waals surface area contributed by atoms with Crippen LogP contribution in [0.4, 0.5) is 0 Å². The third-order valence-corrected chi connectivity index (χ3v) is 2.09. The molecule has 7 heavy (non-hydrogen) atoms. The summed E-state index contributed by atoms with van der Waals surface area (Å²) in [6, 6.07) is 0. The second kappa shape index (κ2) is 1.74. The first-order chi connectivity index (χ1) is 3.30. The van der Waals surface area contributed by atoms with E-state index in [2.05, 4.69) is 26.5 Å². The van der Waals surface area contributed by atoms with Crippen LogP contribution in [-0.4, -0.2) is 15.7 Å². The monoisotopic (exact) mass is 108 g/mol. The Morgan fingerprint density at radius 3 is 1.71 bits per heavy atom. The second-order valence-corrected chi connectivity index (χ2v) is 2.48. The largest absolute Gasteiger partial charge is 0.154 e. The Balaban J connectivity index is 3.12. The summed E-state index contributed by atoms with van der Waals surface area (Å²) in [5.41, 5.74) is 2.81. The molecule has 3 heteroatoms. The quantitative estimate of drug-likeness (QED) is 0.346. The third-order valence-electron chi connectivity index (χ3n) is 1.11. The Labute approximate surface area is 49.4 Å². The lowest BCUT2D eigenvalue weighted by molar-refractivity contribution is 2.30. The van der Waals surface area contributed by atoms with Gasteiger partial charge in [-0.2, -0.15) is 11.3 Å². The van der Waals surface area contributed by atoms with Crippen LogP contribution < -0.4 is 10.9 Å². The fourth-order valence-corrected chi connectivity index (χ4v) is 1.27. The number of hydrogen-bond donors (Lipinski definition) is 0. The molecule has 1 rings (SSSR count). The van der Waals surface area contributed by atoms with Gasteiger partial charge in [0.1, 0.15) is 15.7 Å². The zero-order valence-corrected chi connectivity index (χ0v) is 5.38. The number of rotatable bonds is 0. The summed E-state index contributed by atoms with van der Waals surface area (Å²) in [4.78, 5) is 0. The van der Waals surface area contributed by atoms with Crippen LogP contribution in [-0.2, 0) is 0 Å². The van der Waals surface area contributed by atoms with Crippen molar-refractivity contribution in [1.29, 1.82) is 0 Å². The smallest absolute Gasteiger partial charge is 0.139 e. The molecule has 0 atom stereocenters. The highest BCUT2D eigenvalue weighted by molar-refractivity contribution is 7.10. The van der Waals surface area contributed by atoms with Crippen molar-refractivity contribution in [2.45, 2.75) is 0 Å². The fourth-order valence-electron chi connectivity index (χ4n) is 0.424. The zero-order chi connectivity index (χ0) is 5.28. The second-order valence-electron chi connectivity index (χ2n) is 1.74. The van der Waals surface area contributed by atoms with Crippen LogP contribution in [0.5, 0.6) is 0 Å². The van der Waals surface area contributed by atoms with Gasteiger partial charge < -0.3 is 0 Å². The molecule has 0 radical (unpaired) electrons. The molecule has 0 unspecified atom stereocenters. The first-order valence-electron chi connectivity index (χ1n) is 2.30. The van der Waals surface area contributed by atoms with Crippen molar-refractivity contribution >= 4 is 38.0 Å².